The summed E-state index contributed by atoms with van der Waals surface area (Å²) in [4.78, 5) is 46.3. The van der Waals surface area contributed by atoms with Crippen molar-refractivity contribution in [3.63, 3.8) is 0 Å². The van der Waals surface area contributed by atoms with Crippen molar-refractivity contribution in [2.24, 2.45) is 5.73 Å². The van der Waals surface area contributed by atoms with Crippen LogP contribution in [0.5, 0.6) is 0 Å². The largest absolute Gasteiger partial charge is 0.378 e. The number of hydrogen-bond donors (Lipinski definition) is 3. The lowest BCUT2D eigenvalue weighted by molar-refractivity contribution is 0.0958. The lowest BCUT2D eigenvalue weighted by Crippen LogP contribution is -2.29. The predicted octanol–water partition coefficient (Wildman–Crippen LogP) is 2.76. The molecule has 9 nitrogen and oxygen atoms in total. The van der Waals surface area contributed by atoms with E-state index < -0.39 is 11.8 Å². The maximum absolute atomic E-state index is 12.7. The van der Waals surface area contributed by atoms with Gasteiger partial charge in [0.2, 0.25) is 0 Å². The Hall–Kier alpha value is -3.85. The van der Waals surface area contributed by atoms with Gasteiger partial charge >= 0.3 is 0 Å². The number of imidazole rings is 1. The van der Waals surface area contributed by atoms with Crippen molar-refractivity contribution in [2.75, 3.05) is 36.3 Å². The van der Waals surface area contributed by atoms with Gasteiger partial charge in [0, 0.05) is 38.2 Å². The summed E-state index contributed by atoms with van der Waals surface area (Å²) in [5.74, 6) is -1.62. The van der Waals surface area contributed by atoms with E-state index in [1.54, 1.807) is 49.5 Å². The Bertz CT molecular complexity index is 1140. The molecular weight excluding hydrogens is 420 g/mol. The number of nitrogens with one attached hydrogen (secondary N) is 2. The van der Waals surface area contributed by atoms with E-state index in [4.69, 9.17) is 17.3 Å². The SMILES string of the molecule is CN(C)c1ccc(C(=O)Nc2ccc(N(C)C(=O)c3[nH]cnc3C(N)=O)cc2)c(Cl)c1. The minimum atomic E-state index is -0.798. The number of aromatic amines is 1. The minimum absolute atomic E-state index is 0.00296. The monoisotopic (exact) mass is 440 g/mol. The topological polar surface area (TPSA) is 124 Å². The van der Waals surface area contributed by atoms with Gasteiger partial charge in [0.05, 0.1) is 16.9 Å². The van der Waals surface area contributed by atoms with E-state index in [9.17, 15) is 14.4 Å². The quantitative estimate of drug-likeness (QED) is 0.543. The van der Waals surface area contributed by atoms with Crippen LogP contribution in [-0.4, -0.2) is 48.8 Å². The average Bonchev–Trinajstić information content (AvgIpc) is 3.23. The fourth-order valence-corrected chi connectivity index (χ4v) is 3.12. The van der Waals surface area contributed by atoms with Crippen LogP contribution in [0.3, 0.4) is 0 Å². The molecule has 0 bridgehead atoms. The predicted molar refractivity (Wildman–Crippen MR) is 120 cm³/mol. The molecule has 3 amide bonds. The molecule has 0 radical (unpaired) electrons. The van der Waals surface area contributed by atoms with Crippen LogP contribution in [-0.2, 0) is 0 Å². The number of amides is 3. The Morgan fingerprint density at radius 1 is 1.03 bits per heavy atom. The molecule has 0 atom stereocenters. The van der Waals surface area contributed by atoms with Crippen molar-refractivity contribution in [3.05, 3.63) is 70.8 Å². The molecule has 0 saturated heterocycles. The number of halogens is 1. The van der Waals surface area contributed by atoms with Crippen LogP contribution in [0.15, 0.2) is 48.8 Å². The molecule has 1 aromatic heterocycles. The number of carbonyl (C=O) groups is 3. The van der Waals surface area contributed by atoms with Gasteiger partial charge < -0.3 is 25.8 Å². The third kappa shape index (κ3) is 4.67. The van der Waals surface area contributed by atoms with Crippen molar-refractivity contribution in [1.29, 1.82) is 0 Å². The number of aromatic nitrogens is 2. The molecule has 1 heterocycles. The highest BCUT2D eigenvalue weighted by Crippen LogP contribution is 2.24. The van der Waals surface area contributed by atoms with E-state index in [1.807, 2.05) is 19.0 Å². The van der Waals surface area contributed by atoms with Crippen molar-refractivity contribution in [2.45, 2.75) is 0 Å². The van der Waals surface area contributed by atoms with Crippen LogP contribution < -0.4 is 20.9 Å². The summed E-state index contributed by atoms with van der Waals surface area (Å²) in [5, 5.41) is 3.12. The first-order valence-electron chi connectivity index (χ1n) is 9.18. The third-order valence-corrected chi connectivity index (χ3v) is 4.93. The first kappa shape index (κ1) is 21.8. The standard InChI is InChI=1S/C21H21ClN6O3/c1-27(2)14-8-9-15(16(22)10-14)20(30)26-12-4-6-13(7-5-12)28(3)21(31)18-17(19(23)29)24-11-25-18/h4-11H,1-3H3,(H2,23,29)(H,24,25)(H,26,30). The van der Waals surface area contributed by atoms with E-state index in [-0.39, 0.29) is 17.3 Å². The Balaban J connectivity index is 1.73. The van der Waals surface area contributed by atoms with Gasteiger partial charge in [0.15, 0.2) is 5.69 Å². The van der Waals surface area contributed by atoms with Gasteiger partial charge in [-0.05, 0) is 42.5 Å². The number of benzene rings is 2. The zero-order chi connectivity index (χ0) is 22.7. The second-order valence-corrected chi connectivity index (χ2v) is 7.32. The van der Waals surface area contributed by atoms with Gasteiger partial charge in [-0.2, -0.15) is 0 Å². The highest BCUT2D eigenvalue weighted by atomic mass is 35.5. The molecule has 2 aromatic carbocycles. The normalized spacial score (nSPS) is 10.5. The lowest BCUT2D eigenvalue weighted by Gasteiger charge is -2.17. The zero-order valence-electron chi connectivity index (χ0n) is 17.1. The van der Waals surface area contributed by atoms with Crippen LogP contribution >= 0.6 is 11.6 Å². The number of hydrogen-bond acceptors (Lipinski definition) is 5. The first-order chi connectivity index (χ1) is 14.7. The lowest BCUT2D eigenvalue weighted by atomic mass is 10.1. The number of H-pyrrole nitrogens is 1. The number of anilines is 3. The fraction of sp³-hybridized carbons (Fsp3) is 0.143. The Kier molecular flexibility index (Phi) is 6.26. The number of rotatable bonds is 6. The van der Waals surface area contributed by atoms with Gasteiger partial charge in [0.1, 0.15) is 5.69 Å². The fourth-order valence-electron chi connectivity index (χ4n) is 2.86. The summed E-state index contributed by atoms with van der Waals surface area (Å²) in [6, 6.07) is 11.8. The molecule has 31 heavy (non-hydrogen) atoms. The van der Waals surface area contributed by atoms with E-state index >= 15 is 0 Å². The number of primary amides is 1. The maximum Gasteiger partial charge on any atom is 0.276 e. The number of nitrogens with zero attached hydrogens (tertiary/aromatic N) is 3. The molecule has 0 saturated carbocycles. The van der Waals surface area contributed by atoms with Crippen LogP contribution in [0.1, 0.15) is 31.3 Å². The van der Waals surface area contributed by atoms with Gasteiger partial charge in [-0.3, -0.25) is 14.4 Å². The van der Waals surface area contributed by atoms with Crippen molar-refractivity contribution < 1.29 is 14.4 Å². The Morgan fingerprint density at radius 3 is 2.26 bits per heavy atom. The van der Waals surface area contributed by atoms with Gasteiger partial charge in [0.25, 0.3) is 17.7 Å². The van der Waals surface area contributed by atoms with Crippen molar-refractivity contribution in [1.82, 2.24) is 9.97 Å². The summed E-state index contributed by atoms with van der Waals surface area (Å²) in [6.45, 7) is 0. The smallest absolute Gasteiger partial charge is 0.276 e. The molecule has 0 aliphatic carbocycles. The summed E-state index contributed by atoms with van der Waals surface area (Å²) < 4.78 is 0. The summed E-state index contributed by atoms with van der Waals surface area (Å²) >= 11 is 6.25. The van der Waals surface area contributed by atoms with Gasteiger partial charge in [-0.1, -0.05) is 11.6 Å². The van der Waals surface area contributed by atoms with E-state index in [0.717, 1.165) is 5.69 Å². The molecular formula is C21H21ClN6O3. The van der Waals surface area contributed by atoms with Crippen LogP contribution in [0.2, 0.25) is 5.02 Å². The molecule has 0 aliphatic rings. The molecule has 4 N–H and O–H groups in total. The Labute approximate surface area is 183 Å². The molecule has 0 aliphatic heterocycles. The number of nitrogens with two attached hydrogens (primary N) is 1. The third-order valence-electron chi connectivity index (χ3n) is 4.62. The molecule has 0 spiro atoms. The van der Waals surface area contributed by atoms with E-state index in [1.165, 1.54) is 11.2 Å². The number of carbonyl (C=O) groups excluding carboxylic acids is 3. The van der Waals surface area contributed by atoms with Gasteiger partial charge in [-0.25, -0.2) is 4.98 Å². The van der Waals surface area contributed by atoms with E-state index in [2.05, 4.69) is 15.3 Å². The molecule has 3 rings (SSSR count). The van der Waals surface area contributed by atoms with Crippen molar-refractivity contribution >= 4 is 46.4 Å². The van der Waals surface area contributed by atoms with Crippen LogP contribution in [0.25, 0.3) is 0 Å². The minimum Gasteiger partial charge on any atom is -0.378 e. The average molecular weight is 441 g/mol. The summed E-state index contributed by atoms with van der Waals surface area (Å²) in [6.07, 6.45) is 1.23. The molecule has 0 unspecified atom stereocenters. The second-order valence-electron chi connectivity index (χ2n) is 6.91. The molecule has 3 aromatic rings. The molecule has 10 heteroatoms. The summed E-state index contributed by atoms with van der Waals surface area (Å²) in [7, 11) is 5.32. The molecule has 160 valence electrons. The first-order valence-corrected chi connectivity index (χ1v) is 9.56. The highest BCUT2D eigenvalue weighted by molar-refractivity contribution is 6.34. The molecule has 0 fully saturated rings. The van der Waals surface area contributed by atoms with Gasteiger partial charge in [-0.15, -0.1) is 0 Å². The van der Waals surface area contributed by atoms with Crippen molar-refractivity contribution in [3.8, 4) is 0 Å². The highest BCUT2D eigenvalue weighted by Gasteiger charge is 2.22. The Morgan fingerprint density at radius 2 is 1.68 bits per heavy atom. The van der Waals surface area contributed by atoms with E-state index in [0.29, 0.717) is 22.0 Å². The zero-order valence-corrected chi connectivity index (χ0v) is 17.9. The maximum atomic E-state index is 12.7. The van der Waals surface area contributed by atoms with Crippen LogP contribution in [0.4, 0.5) is 17.1 Å². The second kappa shape index (κ2) is 8.88. The van der Waals surface area contributed by atoms with Crippen LogP contribution in [0, 0.1) is 0 Å². The summed E-state index contributed by atoms with van der Waals surface area (Å²) in [5.41, 5.74) is 7.42.